The molecule has 3 aromatic carbocycles. The predicted molar refractivity (Wildman–Crippen MR) is 153 cm³/mol. The Hall–Kier alpha value is -2.88. The number of hydrogen-bond acceptors (Lipinski definition) is 6. The zero-order chi connectivity index (χ0) is 29.2. The van der Waals surface area contributed by atoms with E-state index in [-0.39, 0.29) is 31.2 Å². The van der Waals surface area contributed by atoms with Crippen LogP contribution < -0.4 is 19.1 Å². The molecule has 0 spiro atoms. The highest BCUT2D eigenvalue weighted by Crippen LogP contribution is 2.51. The molecule has 1 fully saturated rings. The van der Waals surface area contributed by atoms with Crippen molar-refractivity contribution in [1.29, 1.82) is 0 Å². The average Bonchev–Trinajstić information content (AvgIpc) is 3.20. The molecule has 3 amide bonds. The lowest BCUT2D eigenvalue weighted by Gasteiger charge is -2.50. The van der Waals surface area contributed by atoms with Gasteiger partial charge in [-0.15, -0.1) is 0 Å². The fourth-order valence-electron chi connectivity index (χ4n) is 5.07. The minimum atomic E-state index is -1.29. The van der Waals surface area contributed by atoms with Gasteiger partial charge in [0.1, 0.15) is 6.04 Å². The summed E-state index contributed by atoms with van der Waals surface area (Å²) in [6, 6.07) is 6.22. The number of fused-ring (bicyclic) bond motifs is 1. The number of anilines is 1. The number of ether oxygens (including phenoxy) is 3. The van der Waals surface area contributed by atoms with Gasteiger partial charge in [-0.25, -0.2) is 0 Å². The number of amides is 3. The molecule has 40 heavy (non-hydrogen) atoms. The van der Waals surface area contributed by atoms with Crippen molar-refractivity contribution in [2.45, 2.75) is 19.0 Å². The van der Waals surface area contributed by atoms with Crippen molar-refractivity contribution < 1.29 is 28.6 Å². The van der Waals surface area contributed by atoms with Gasteiger partial charge in [-0.05, 0) is 42.3 Å². The smallest absolute Gasteiger partial charge is 0.264 e. The van der Waals surface area contributed by atoms with Crippen LogP contribution in [0.4, 0.5) is 5.69 Å². The number of methoxy groups -OCH3 is 3. The summed E-state index contributed by atoms with van der Waals surface area (Å²) in [4.78, 5) is 43.6. The monoisotopic (exact) mass is 642 g/mol. The average molecular weight is 645 g/mol. The number of β-lactam (4-membered cyclic amide) rings is 1. The van der Waals surface area contributed by atoms with Gasteiger partial charge in [-0.3, -0.25) is 19.3 Å². The zero-order valence-electron chi connectivity index (χ0n) is 21.3. The molecule has 13 heteroatoms. The van der Waals surface area contributed by atoms with Crippen LogP contribution in [0.25, 0.3) is 0 Å². The van der Waals surface area contributed by atoms with E-state index < -0.39 is 29.8 Å². The highest BCUT2D eigenvalue weighted by Gasteiger charge is 2.59. The lowest BCUT2D eigenvalue weighted by atomic mass is 9.85. The van der Waals surface area contributed by atoms with E-state index in [1.807, 2.05) is 0 Å². The molecule has 2 atom stereocenters. The van der Waals surface area contributed by atoms with Crippen molar-refractivity contribution in [3.05, 3.63) is 77.7 Å². The first-order valence-electron chi connectivity index (χ1n) is 11.6. The number of benzene rings is 3. The Morgan fingerprint density at radius 1 is 0.700 bits per heavy atom. The van der Waals surface area contributed by atoms with Crippen LogP contribution in [0.15, 0.2) is 30.3 Å². The summed E-state index contributed by atoms with van der Waals surface area (Å²) in [7, 11) is 4.36. The summed E-state index contributed by atoms with van der Waals surface area (Å²) in [6.07, 6.45) is 0. The first kappa shape index (κ1) is 28.6. The molecule has 0 N–H and O–H groups in total. The normalized spacial score (nSPS) is 18.2. The lowest BCUT2D eigenvalue weighted by molar-refractivity contribution is -0.130. The first-order chi connectivity index (χ1) is 19.0. The number of nitrogens with zero attached hydrogens (tertiary/aromatic N) is 2. The van der Waals surface area contributed by atoms with Crippen molar-refractivity contribution >= 4 is 81.4 Å². The fraction of sp³-hybridized carbons (Fsp3) is 0.222. The molecule has 8 nitrogen and oxygen atoms in total. The second-order valence-electron chi connectivity index (χ2n) is 8.93. The summed E-state index contributed by atoms with van der Waals surface area (Å²) in [5.41, 5.74) is 1.16. The summed E-state index contributed by atoms with van der Waals surface area (Å²) in [6.45, 7) is 1.76. The van der Waals surface area contributed by atoms with E-state index >= 15 is 0 Å². The van der Waals surface area contributed by atoms with Gasteiger partial charge >= 0.3 is 0 Å². The van der Waals surface area contributed by atoms with E-state index in [1.165, 1.54) is 26.2 Å². The van der Waals surface area contributed by atoms with Gasteiger partial charge in [0.15, 0.2) is 11.5 Å². The molecule has 0 aromatic heterocycles. The van der Waals surface area contributed by atoms with Crippen LogP contribution in [0.3, 0.4) is 0 Å². The minimum Gasteiger partial charge on any atom is -0.493 e. The summed E-state index contributed by atoms with van der Waals surface area (Å²) < 4.78 is 16.5. The van der Waals surface area contributed by atoms with Crippen LogP contribution in [0, 0.1) is 6.92 Å². The number of carbonyl (C=O) groups excluding carboxylic acids is 3. The lowest BCUT2D eigenvalue weighted by Crippen LogP contribution is -2.67. The molecular weight excluding hydrogens is 626 g/mol. The van der Waals surface area contributed by atoms with E-state index in [0.29, 0.717) is 39.1 Å². The van der Waals surface area contributed by atoms with Crippen LogP contribution >= 0.6 is 58.0 Å². The molecule has 0 bridgehead atoms. The maximum atomic E-state index is 13.9. The van der Waals surface area contributed by atoms with Crippen molar-refractivity contribution in [3.63, 3.8) is 0 Å². The van der Waals surface area contributed by atoms with Crippen molar-refractivity contribution in [1.82, 2.24) is 4.90 Å². The number of rotatable bonds is 6. The Morgan fingerprint density at radius 2 is 1.23 bits per heavy atom. The Morgan fingerprint density at radius 3 is 1.70 bits per heavy atom. The maximum absolute atomic E-state index is 13.9. The van der Waals surface area contributed by atoms with Gasteiger partial charge < -0.3 is 19.1 Å². The van der Waals surface area contributed by atoms with E-state index in [2.05, 4.69) is 0 Å². The van der Waals surface area contributed by atoms with Crippen molar-refractivity contribution in [2.24, 2.45) is 0 Å². The molecule has 5 rings (SSSR count). The van der Waals surface area contributed by atoms with Crippen molar-refractivity contribution in [3.8, 4) is 17.2 Å². The molecule has 0 saturated carbocycles. The van der Waals surface area contributed by atoms with E-state index in [9.17, 15) is 14.4 Å². The van der Waals surface area contributed by atoms with Crippen molar-refractivity contribution in [2.75, 3.05) is 26.2 Å². The second kappa shape index (κ2) is 10.5. The molecule has 2 heterocycles. The quantitative estimate of drug-likeness (QED) is 0.124. The van der Waals surface area contributed by atoms with Gasteiger partial charge in [0, 0.05) is 10.7 Å². The number of halogens is 5. The summed E-state index contributed by atoms with van der Waals surface area (Å²) >= 11 is 31.4. The van der Waals surface area contributed by atoms with Crippen LogP contribution in [-0.2, 0) is 4.79 Å². The van der Waals surface area contributed by atoms with Gasteiger partial charge in [0.05, 0.1) is 58.6 Å². The number of carbonyl (C=O) groups is 3. The standard InChI is InChI=1S/C27H19Cl5N2O6/c1-10-12(28)6-5-7-13(10)33-22(11-8-14(38-2)24(40-4)15(9-11)39-3)23(27(33)37)34-25(35)16-17(26(34)36)19(30)21(32)20(31)18(16)29/h5-9,22-23H,1-4H3/t22-,23-/m1/s1. The van der Waals surface area contributed by atoms with Gasteiger partial charge in [0.2, 0.25) is 5.75 Å². The van der Waals surface area contributed by atoms with E-state index in [0.717, 1.165) is 4.90 Å². The molecular formula is C27H19Cl5N2O6. The molecule has 0 aliphatic carbocycles. The molecule has 3 aromatic rings. The molecule has 1 saturated heterocycles. The molecule has 0 radical (unpaired) electrons. The third-order valence-electron chi connectivity index (χ3n) is 7.01. The Bertz CT molecular complexity index is 1560. The Labute approximate surface area is 254 Å². The van der Waals surface area contributed by atoms with Crippen LogP contribution in [0.1, 0.15) is 37.9 Å². The van der Waals surface area contributed by atoms with Crippen LogP contribution in [0.5, 0.6) is 17.2 Å². The minimum absolute atomic E-state index is 0.174. The fourth-order valence-corrected chi connectivity index (χ4v) is 6.26. The molecule has 208 valence electrons. The van der Waals surface area contributed by atoms with E-state index in [1.54, 1.807) is 37.3 Å². The second-order valence-corrected chi connectivity index (χ2v) is 10.8. The maximum Gasteiger partial charge on any atom is 0.264 e. The number of imide groups is 1. The van der Waals surface area contributed by atoms with E-state index in [4.69, 9.17) is 72.2 Å². The highest BCUT2D eigenvalue weighted by atomic mass is 35.5. The topological polar surface area (TPSA) is 85.4 Å². The van der Waals surface area contributed by atoms with Crippen LogP contribution in [0.2, 0.25) is 25.1 Å². The summed E-state index contributed by atoms with van der Waals surface area (Å²) in [5.74, 6) is -1.25. The zero-order valence-corrected chi connectivity index (χ0v) is 25.1. The van der Waals surface area contributed by atoms with Crippen LogP contribution in [-0.4, -0.2) is 50.0 Å². The molecule has 0 unspecified atom stereocenters. The van der Waals surface area contributed by atoms with Gasteiger partial charge in [0.25, 0.3) is 17.7 Å². The molecule has 2 aliphatic rings. The number of hydrogen-bond donors (Lipinski definition) is 0. The largest absolute Gasteiger partial charge is 0.493 e. The predicted octanol–water partition coefficient (Wildman–Crippen LogP) is 7.04. The SMILES string of the molecule is COc1cc([C@@H]2[C@@H](N3C(=O)c4c(Cl)c(Cl)c(Cl)c(Cl)c4C3=O)C(=O)N2c2cccc(Cl)c2C)cc(OC)c1OC. The third-order valence-corrected chi connectivity index (χ3v) is 9.22. The third kappa shape index (κ3) is 4.00. The van der Waals surface area contributed by atoms with Gasteiger partial charge in [-0.1, -0.05) is 64.1 Å². The highest BCUT2D eigenvalue weighted by molar-refractivity contribution is 6.55. The first-order valence-corrected chi connectivity index (χ1v) is 13.5. The van der Waals surface area contributed by atoms with Gasteiger partial charge in [-0.2, -0.15) is 0 Å². The molecule has 2 aliphatic heterocycles. The summed E-state index contributed by atoms with van der Waals surface area (Å²) in [5, 5.41) is -0.378. The Balaban J connectivity index is 1.71. The Kier molecular flexibility index (Phi) is 7.52.